The Balaban J connectivity index is 1.43. The Kier molecular flexibility index (Phi) is 4.39. The van der Waals surface area contributed by atoms with Crippen molar-refractivity contribution in [2.75, 3.05) is 20.2 Å². The lowest BCUT2D eigenvalue weighted by Crippen LogP contribution is -2.51. The Morgan fingerprint density at radius 3 is 2.48 bits per heavy atom. The number of methoxy groups -OCH3 is 1. The third-order valence-electron chi connectivity index (χ3n) is 4.90. The van der Waals surface area contributed by atoms with Gasteiger partial charge in [-0.2, -0.15) is 5.10 Å². The number of pyridine rings is 1. The predicted molar refractivity (Wildman–Crippen MR) is 103 cm³/mol. The van der Waals surface area contributed by atoms with Crippen molar-refractivity contribution >= 4 is 5.91 Å². The van der Waals surface area contributed by atoms with E-state index in [-0.39, 0.29) is 11.9 Å². The molecule has 6 nitrogen and oxygen atoms in total. The van der Waals surface area contributed by atoms with Crippen LogP contribution in [0.15, 0.2) is 48.5 Å². The fourth-order valence-electron chi connectivity index (χ4n) is 3.45. The van der Waals surface area contributed by atoms with E-state index >= 15 is 0 Å². The molecule has 1 fully saturated rings. The Morgan fingerprint density at radius 1 is 1.11 bits per heavy atom. The van der Waals surface area contributed by atoms with Gasteiger partial charge >= 0.3 is 0 Å². The lowest BCUT2D eigenvalue weighted by Gasteiger charge is -2.39. The van der Waals surface area contributed by atoms with Crippen LogP contribution in [0.3, 0.4) is 0 Å². The molecule has 1 saturated heterocycles. The molecule has 1 aliphatic rings. The number of carbonyl (C=O) groups excluding carboxylic acids is 1. The molecule has 1 amide bonds. The number of amides is 1. The van der Waals surface area contributed by atoms with Crippen molar-refractivity contribution in [1.29, 1.82) is 0 Å². The zero-order chi connectivity index (χ0) is 19.0. The summed E-state index contributed by atoms with van der Waals surface area (Å²) in [6.07, 6.45) is 0. The standard InChI is InChI=1S/C21H22N4O2/c1-14-11-15(2)25(23-14)18-12-24(13-18)21(26)17-9-7-16(8-10-17)19-5-4-6-20(22-19)27-3/h4-11,18H,12-13H2,1-3H3. The van der Waals surface area contributed by atoms with E-state index in [1.54, 1.807) is 7.11 Å². The van der Waals surface area contributed by atoms with Crippen molar-refractivity contribution in [2.24, 2.45) is 0 Å². The van der Waals surface area contributed by atoms with Crippen LogP contribution in [0, 0.1) is 13.8 Å². The molecular formula is C21H22N4O2. The summed E-state index contributed by atoms with van der Waals surface area (Å²) in [5.41, 5.74) is 4.61. The summed E-state index contributed by atoms with van der Waals surface area (Å²) in [6.45, 7) is 5.43. The third kappa shape index (κ3) is 3.30. The van der Waals surface area contributed by atoms with Gasteiger partial charge in [-0.25, -0.2) is 4.98 Å². The molecule has 27 heavy (non-hydrogen) atoms. The van der Waals surface area contributed by atoms with Crippen LogP contribution in [0.5, 0.6) is 5.88 Å². The lowest BCUT2D eigenvalue weighted by atomic mass is 10.0. The third-order valence-corrected chi connectivity index (χ3v) is 4.90. The predicted octanol–water partition coefficient (Wildman–Crippen LogP) is 3.27. The van der Waals surface area contributed by atoms with Crippen molar-refractivity contribution in [2.45, 2.75) is 19.9 Å². The van der Waals surface area contributed by atoms with Crippen molar-refractivity contribution in [1.82, 2.24) is 19.7 Å². The van der Waals surface area contributed by atoms with Crippen LogP contribution < -0.4 is 4.74 Å². The van der Waals surface area contributed by atoms with Crippen molar-refractivity contribution in [3.63, 3.8) is 0 Å². The lowest BCUT2D eigenvalue weighted by molar-refractivity contribution is 0.0497. The van der Waals surface area contributed by atoms with E-state index in [9.17, 15) is 4.79 Å². The maximum absolute atomic E-state index is 12.7. The molecule has 0 N–H and O–H groups in total. The molecule has 4 rings (SSSR count). The fourth-order valence-corrected chi connectivity index (χ4v) is 3.45. The summed E-state index contributed by atoms with van der Waals surface area (Å²) in [4.78, 5) is 19.0. The monoisotopic (exact) mass is 362 g/mol. The largest absolute Gasteiger partial charge is 0.481 e. The van der Waals surface area contributed by atoms with Gasteiger partial charge in [-0.05, 0) is 38.1 Å². The number of rotatable bonds is 4. The summed E-state index contributed by atoms with van der Waals surface area (Å²) in [5, 5.41) is 4.52. The highest BCUT2D eigenvalue weighted by molar-refractivity contribution is 5.95. The van der Waals surface area contributed by atoms with Crippen molar-refractivity contribution < 1.29 is 9.53 Å². The Hall–Kier alpha value is -3.15. The Labute approximate surface area is 158 Å². The Bertz CT molecular complexity index is 972. The maximum atomic E-state index is 12.7. The van der Waals surface area contributed by atoms with E-state index in [0.717, 1.165) is 22.6 Å². The molecule has 0 unspecified atom stereocenters. The highest BCUT2D eigenvalue weighted by Gasteiger charge is 2.33. The summed E-state index contributed by atoms with van der Waals surface area (Å²) in [6, 6.07) is 15.5. The molecular weight excluding hydrogens is 340 g/mol. The van der Waals surface area contributed by atoms with E-state index in [1.807, 2.05) is 59.0 Å². The summed E-state index contributed by atoms with van der Waals surface area (Å²) >= 11 is 0. The van der Waals surface area contributed by atoms with E-state index in [0.29, 0.717) is 24.5 Å². The van der Waals surface area contributed by atoms with E-state index < -0.39 is 0 Å². The first kappa shape index (κ1) is 17.3. The summed E-state index contributed by atoms with van der Waals surface area (Å²) < 4.78 is 7.19. The molecule has 1 aromatic carbocycles. The molecule has 0 aliphatic carbocycles. The Morgan fingerprint density at radius 2 is 1.85 bits per heavy atom. The number of aromatic nitrogens is 3. The minimum absolute atomic E-state index is 0.0536. The van der Waals surface area contributed by atoms with Gasteiger partial charge in [0.25, 0.3) is 5.91 Å². The van der Waals surface area contributed by atoms with Gasteiger partial charge in [-0.1, -0.05) is 18.2 Å². The van der Waals surface area contributed by atoms with Gasteiger partial charge in [0.2, 0.25) is 5.88 Å². The van der Waals surface area contributed by atoms with Crippen LogP contribution in [0.25, 0.3) is 11.3 Å². The van der Waals surface area contributed by atoms with Crippen LogP contribution in [0.4, 0.5) is 0 Å². The molecule has 3 heterocycles. The smallest absolute Gasteiger partial charge is 0.253 e. The van der Waals surface area contributed by atoms with Crippen molar-refractivity contribution in [3.05, 3.63) is 65.5 Å². The van der Waals surface area contributed by atoms with Gasteiger partial charge in [0.1, 0.15) is 0 Å². The molecule has 0 saturated carbocycles. The van der Waals surface area contributed by atoms with Crippen LogP contribution in [0.1, 0.15) is 27.8 Å². The number of hydrogen-bond acceptors (Lipinski definition) is 4. The first-order chi connectivity index (χ1) is 13.0. The van der Waals surface area contributed by atoms with Gasteiger partial charge in [0.15, 0.2) is 0 Å². The quantitative estimate of drug-likeness (QED) is 0.715. The van der Waals surface area contributed by atoms with E-state index in [2.05, 4.69) is 23.1 Å². The highest BCUT2D eigenvalue weighted by atomic mass is 16.5. The first-order valence-corrected chi connectivity index (χ1v) is 8.98. The summed E-state index contributed by atoms with van der Waals surface area (Å²) in [5.74, 6) is 0.626. The average molecular weight is 362 g/mol. The second-order valence-corrected chi connectivity index (χ2v) is 6.88. The molecule has 3 aromatic rings. The molecule has 0 atom stereocenters. The zero-order valence-corrected chi connectivity index (χ0v) is 15.7. The maximum Gasteiger partial charge on any atom is 0.253 e. The van der Waals surface area contributed by atoms with Gasteiger partial charge in [-0.3, -0.25) is 9.48 Å². The van der Waals surface area contributed by atoms with Gasteiger partial charge in [-0.15, -0.1) is 0 Å². The topological polar surface area (TPSA) is 60.2 Å². The molecule has 1 aliphatic heterocycles. The number of nitrogens with zero attached hydrogens (tertiary/aromatic N) is 4. The van der Waals surface area contributed by atoms with Gasteiger partial charge in [0, 0.05) is 36.0 Å². The minimum atomic E-state index is 0.0536. The number of ether oxygens (including phenoxy) is 1. The number of benzene rings is 1. The minimum Gasteiger partial charge on any atom is -0.481 e. The first-order valence-electron chi connectivity index (χ1n) is 8.98. The molecule has 0 radical (unpaired) electrons. The number of carbonyl (C=O) groups is 1. The van der Waals surface area contributed by atoms with Crippen LogP contribution in [-0.4, -0.2) is 45.8 Å². The van der Waals surface area contributed by atoms with Gasteiger partial charge in [0.05, 0.1) is 24.5 Å². The normalized spacial score (nSPS) is 14.1. The van der Waals surface area contributed by atoms with Crippen LogP contribution in [0.2, 0.25) is 0 Å². The molecule has 138 valence electrons. The second-order valence-electron chi connectivity index (χ2n) is 6.88. The number of hydrogen-bond donors (Lipinski definition) is 0. The van der Waals surface area contributed by atoms with Crippen molar-refractivity contribution in [3.8, 4) is 17.1 Å². The van der Waals surface area contributed by atoms with Crippen LogP contribution in [-0.2, 0) is 0 Å². The highest BCUT2D eigenvalue weighted by Crippen LogP contribution is 2.26. The molecule has 0 bridgehead atoms. The summed E-state index contributed by atoms with van der Waals surface area (Å²) in [7, 11) is 1.60. The fraction of sp³-hybridized carbons (Fsp3) is 0.286. The SMILES string of the molecule is COc1cccc(-c2ccc(C(=O)N3CC(n4nc(C)cc4C)C3)cc2)n1. The van der Waals surface area contributed by atoms with Gasteiger partial charge < -0.3 is 9.64 Å². The molecule has 2 aromatic heterocycles. The average Bonchev–Trinajstić information content (AvgIpc) is 2.98. The zero-order valence-electron chi connectivity index (χ0n) is 15.7. The molecule has 6 heteroatoms. The second kappa shape index (κ2) is 6.87. The number of likely N-dealkylation sites (tertiary alicyclic amines) is 1. The van der Waals surface area contributed by atoms with E-state index in [1.165, 1.54) is 0 Å². The van der Waals surface area contributed by atoms with Crippen LogP contribution >= 0.6 is 0 Å². The van der Waals surface area contributed by atoms with E-state index in [4.69, 9.17) is 4.74 Å². The number of aryl methyl sites for hydroxylation is 2. The molecule has 0 spiro atoms.